The fourth-order valence-electron chi connectivity index (χ4n) is 1.26. The molecule has 0 fully saturated rings. The van der Waals surface area contributed by atoms with Crippen molar-refractivity contribution < 1.29 is 0 Å². The monoisotopic (exact) mass is 215 g/mol. The molecule has 0 aliphatic heterocycles. The Morgan fingerprint density at radius 2 is 2.25 bits per heavy atom. The third-order valence-electron chi connectivity index (χ3n) is 1.99. The largest absolute Gasteiger partial charge is 0.353 e. The zero-order chi connectivity index (χ0) is 10.8. The normalized spacial score (nSPS) is 10.5. The highest BCUT2D eigenvalue weighted by Crippen LogP contribution is 1.91. The lowest BCUT2D eigenvalue weighted by Gasteiger charge is -1.82. The van der Waals surface area contributed by atoms with Crippen LogP contribution in [0.3, 0.4) is 0 Å². The van der Waals surface area contributed by atoms with Crippen molar-refractivity contribution in [3.63, 3.8) is 0 Å². The summed E-state index contributed by atoms with van der Waals surface area (Å²) in [5, 5.41) is 21.5. The van der Waals surface area contributed by atoms with Crippen LogP contribution in [0, 0.1) is 0 Å². The molecule has 16 heavy (non-hydrogen) atoms. The second kappa shape index (κ2) is 3.50. The highest BCUT2D eigenvalue weighted by molar-refractivity contribution is 5.33. The molecule has 4 rings (SSSR count). The Morgan fingerprint density at radius 1 is 1.25 bits per heavy atom. The molecule has 0 spiro atoms. The van der Waals surface area contributed by atoms with Gasteiger partial charge in [0, 0.05) is 24.8 Å². The van der Waals surface area contributed by atoms with Crippen LogP contribution in [0.25, 0.3) is 11.3 Å². The number of hydrogen-bond donors (Lipinski definition) is 1. The Balaban J connectivity index is 0.000000101. The fraction of sp³-hybridized carbons (Fsp3) is 0. The minimum Gasteiger partial charge on any atom is -0.353 e. The van der Waals surface area contributed by atoms with Crippen molar-refractivity contribution in [2.75, 3.05) is 0 Å². The lowest BCUT2D eigenvalue weighted by Crippen LogP contribution is -1.75. The van der Waals surface area contributed by atoms with Gasteiger partial charge in [-0.2, -0.15) is 0 Å². The number of nitrogens with zero attached hydrogens (tertiary/aromatic N) is 7. The van der Waals surface area contributed by atoms with Crippen LogP contribution in [0.15, 0.2) is 37.2 Å². The van der Waals surface area contributed by atoms with Gasteiger partial charge in [-0.25, -0.2) is 4.52 Å². The van der Waals surface area contributed by atoms with E-state index < -0.39 is 0 Å². The van der Waals surface area contributed by atoms with Crippen LogP contribution in [0.4, 0.5) is 0 Å². The maximum Gasteiger partial charge on any atom is 0.176 e. The van der Waals surface area contributed by atoms with Gasteiger partial charge in [0.1, 0.15) is 6.33 Å². The summed E-state index contributed by atoms with van der Waals surface area (Å²) in [5.41, 5.74) is 1.65. The zero-order valence-corrected chi connectivity index (χ0v) is 8.09. The van der Waals surface area contributed by atoms with Crippen molar-refractivity contribution in [1.29, 1.82) is 0 Å². The molecule has 0 aliphatic carbocycles. The first kappa shape index (κ1) is 8.65. The molecule has 0 aromatic carbocycles. The number of aromatic nitrogens is 8. The molecule has 4 aromatic heterocycles. The second-order valence-corrected chi connectivity index (χ2v) is 2.99. The third-order valence-corrected chi connectivity index (χ3v) is 1.99. The zero-order valence-electron chi connectivity index (χ0n) is 8.09. The van der Waals surface area contributed by atoms with Crippen LogP contribution in [-0.4, -0.2) is 34.5 Å². The predicted molar refractivity (Wildman–Crippen MR) is 53.6 cm³/mol. The minimum atomic E-state index is 0.796. The Kier molecular flexibility index (Phi) is 1.89. The topological polar surface area (TPSA) is 90.3 Å². The molecule has 80 valence electrons. The van der Waals surface area contributed by atoms with Crippen LogP contribution < -0.4 is 5.10 Å². The van der Waals surface area contributed by atoms with Crippen LogP contribution in [0.5, 0.6) is 0 Å². The fourth-order valence-corrected chi connectivity index (χ4v) is 1.26. The second-order valence-electron chi connectivity index (χ2n) is 2.99. The van der Waals surface area contributed by atoms with E-state index in [0.29, 0.717) is 0 Å². The van der Waals surface area contributed by atoms with E-state index in [-0.39, 0.29) is 0 Å². The first-order chi connectivity index (χ1) is 7.93. The van der Waals surface area contributed by atoms with Gasteiger partial charge in [-0.1, -0.05) is 0 Å². The number of hydrogen-bond acceptors (Lipinski definition) is 4. The molecule has 4 heterocycles. The molecule has 0 aliphatic rings. The molecular formula is C8H7N8-. The number of rotatable bonds is 0. The molecule has 8 heteroatoms. The molecule has 0 radical (unpaired) electrons. The summed E-state index contributed by atoms with van der Waals surface area (Å²) in [5.74, 6) is 0. The lowest BCUT2D eigenvalue weighted by molar-refractivity contribution is 0.954. The molecule has 4 aromatic rings. The van der Waals surface area contributed by atoms with Gasteiger partial charge in [0.25, 0.3) is 0 Å². The minimum absolute atomic E-state index is 0.796. The van der Waals surface area contributed by atoms with Gasteiger partial charge in [0.15, 0.2) is 5.65 Å². The van der Waals surface area contributed by atoms with Gasteiger partial charge < -0.3 is 9.61 Å². The maximum atomic E-state index is 3.87. The van der Waals surface area contributed by atoms with Gasteiger partial charge in [-0.15, -0.1) is 10.2 Å². The lowest BCUT2D eigenvalue weighted by atomic mass is 10.7. The molecule has 0 bridgehead atoms. The van der Waals surface area contributed by atoms with E-state index in [2.05, 4.69) is 30.6 Å². The van der Waals surface area contributed by atoms with Crippen molar-refractivity contribution in [2.24, 2.45) is 0 Å². The molecule has 0 unspecified atom stereocenters. The smallest absolute Gasteiger partial charge is 0.176 e. The summed E-state index contributed by atoms with van der Waals surface area (Å²) in [6.45, 7) is 0. The van der Waals surface area contributed by atoms with Crippen molar-refractivity contribution in [3.8, 4) is 0 Å². The highest BCUT2D eigenvalue weighted by Gasteiger charge is 1.88. The Morgan fingerprint density at radius 3 is 3.12 bits per heavy atom. The highest BCUT2D eigenvalue weighted by atomic mass is 15.3. The van der Waals surface area contributed by atoms with Crippen LogP contribution >= 0.6 is 0 Å². The summed E-state index contributed by atoms with van der Waals surface area (Å²) in [6.07, 6.45) is 6.68. The molecule has 8 nitrogen and oxygen atoms in total. The molecular weight excluding hydrogens is 208 g/mol. The predicted octanol–water partition coefficient (Wildman–Crippen LogP) is -0.256. The van der Waals surface area contributed by atoms with Crippen LogP contribution in [0.1, 0.15) is 0 Å². The van der Waals surface area contributed by atoms with E-state index in [9.17, 15) is 0 Å². The van der Waals surface area contributed by atoms with Gasteiger partial charge in [0.05, 0.1) is 0 Å². The molecule has 0 saturated carbocycles. The quantitative estimate of drug-likeness (QED) is 0.436. The molecule has 0 saturated heterocycles. The average Bonchev–Trinajstić information content (AvgIpc) is 2.99. The van der Waals surface area contributed by atoms with Gasteiger partial charge in [0.2, 0.25) is 0 Å². The molecule has 0 atom stereocenters. The van der Waals surface area contributed by atoms with Crippen molar-refractivity contribution in [1.82, 2.24) is 39.6 Å². The number of fused-ring (bicyclic) bond motifs is 2. The Bertz CT molecular complexity index is 519. The van der Waals surface area contributed by atoms with Gasteiger partial charge in [-0.05, 0) is 11.7 Å². The summed E-state index contributed by atoms with van der Waals surface area (Å²) in [4.78, 5) is 0. The third kappa shape index (κ3) is 1.41. The Labute approximate surface area is 88.9 Å². The standard InChI is InChI=1S/C4H4N4.C4H3N4/c2*1-2-6-8-3-5-7-4(1)8/h1-3,6H;1-3H/q;-1. The molecule has 1 N–H and O–H groups in total. The van der Waals surface area contributed by atoms with E-state index in [1.807, 2.05) is 12.3 Å². The molecule has 0 amide bonds. The van der Waals surface area contributed by atoms with Crippen LogP contribution in [0.2, 0.25) is 0 Å². The summed E-state index contributed by atoms with van der Waals surface area (Å²) < 4.78 is 3.35. The van der Waals surface area contributed by atoms with E-state index in [0.717, 1.165) is 11.3 Å². The van der Waals surface area contributed by atoms with Crippen molar-refractivity contribution in [2.45, 2.75) is 0 Å². The SMILES string of the molecule is c1cc2[n-]ncn2n1.c1cc2nncn2[nH]1. The van der Waals surface area contributed by atoms with Crippen molar-refractivity contribution in [3.05, 3.63) is 37.2 Å². The first-order valence-electron chi connectivity index (χ1n) is 4.54. The number of H-pyrrole nitrogens is 1. The van der Waals surface area contributed by atoms with E-state index in [1.54, 1.807) is 33.9 Å². The van der Waals surface area contributed by atoms with Crippen molar-refractivity contribution >= 4 is 11.3 Å². The van der Waals surface area contributed by atoms with E-state index in [4.69, 9.17) is 0 Å². The van der Waals surface area contributed by atoms with Gasteiger partial charge >= 0.3 is 0 Å². The number of aromatic amines is 1. The van der Waals surface area contributed by atoms with E-state index >= 15 is 0 Å². The summed E-state index contributed by atoms with van der Waals surface area (Å²) in [6, 6.07) is 3.65. The van der Waals surface area contributed by atoms with E-state index in [1.165, 1.54) is 0 Å². The summed E-state index contributed by atoms with van der Waals surface area (Å²) >= 11 is 0. The maximum absolute atomic E-state index is 3.87. The van der Waals surface area contributed by atoms with Gasteiger partial charge in [-0.3, -0.25) is 15.3 Å². The number of nitrogens with one attached hydrogen (secondary N) is 1. The Hall–Kier alpha value is -2.64. The summed E-state index contributed by atoms with van der Waals surface area (Å²) in [7, 11) is 0. The average molecular weight is 215 g/mol. The van der Waals surface area contributed by atoms with Crippen LogP contribution in [-0.2, 0) is 0 Å². The first-order valence-corrected chi connectivity index (χ1v) is 4.54.